The van der Waals surface area contributed by atoms with Gasteiger partial charge in [0.05, 0.1) is 45.7 Å². The molecule has 5 N–H and O–H groups in total. The first-order valence-corrected chi connectivity index (χ1v) is 12.7. The van der Waals surface area contributed by atoms with E-state index in [9.17, 15) is 53.7 Å². The summed E-state index contributed by atoms with van der Waals surface area (Å²) in [6.45, 7) is 0. The molecule has 19 heteroatoms. The molecule has 0 saturated heterocycles. The zero-order valence-corrected chi connectivity index (χ0v) is 36.3. The summed E-state index contributed by atoms with van der Waals surface area (Å²) in [5, 5.41) is 73.7. The third-order valence-electron chi connectivity index (χ3n) is 5.52. The minimum Gasteiger partial charge on any atom is -0.545 e. The molecule has 51 heavy (non-hydrogen) atoms. The normalized spacial score (nSPS) is 8.78. The van der Waals surface area contributed by atoms with Crippen LogP contribution in [0.15, 0.2) is 97.1 Å². The van der Waals surface area contributed by atoms with Crippen molar-refractivity contribution in [2.45, 2.75) is 0 Å². The summed E-state index contributed by atoms with van der Waals surface area (Å²) in [6, 6.07) is 21.4. The van der Waals surface area contributed by atoms with Crippen LogP contribution >= 0.6 is 0 Å². The first kappa shape index (κ1) is 52.9. The molecule has 4 aromatic carbocycles. The second-order valence-electron chi connectivity index (χ2n) is 8.57. The number of carboxylic acids is 8. The number of hydrogen-bond donors (Lipinski definition) is 5. The fourth-order valence-corrected chi connectivity index (χ4v) is 3.40. The molecule has 0 aromatic heterocycles. The maximum Gasteiger partial charge on any atom is 1.00 e. The van der Waals surface area contributed by atoms with Gasteiger partial charge in [-0.05, 0) is 30.3 Å². The Hall–Kier alpha value is -2.45. The molecule has 16 nitrogen and oxygen atoms in total. The Bertz CT molecular complexity index is 1470. The van der Waals surface area contributed by atoms with Crippen LogP contribution in [0.25, 0.3) is 0 Å². The van der Waals surface area contributed by atoms with E-state index in [1.165, 1.54) is 97.1 Å². The largest absolute Gasteiger partial charge is 1.00 e. The maximum absolute atomic E-state index is 10.5. The minimum atomic E-state index is -1.48. The first-order chi connectivity index (χ1) is 22.5. The third-order valence-corrected chi connectivity index (χ3v) is 5.52. The van der Waals surface area contributed by atoms with Crippen LogP contribution in [0.1, 0.15) is 82.9 Å². The molecular formula is C32H21K3O16. The van der Waals surface area contributed by atoms with Gasteiger partial charge in [0, 0.05) is 16.7 Å². The van der Waals surface area contributed by atoms with Crippen LogP contribution in [0.3, 0.4) is 0 Å². The molecule has 248 valence electrons. The van der Waals surface area contributed by atoms with E-state index in [4.69, 9.17) is 25.5 Å². The molecule has 0 unspecified atom stereocenters. The Balaban J connectivity index is -0.000000591. The summed E-state index contributed by atoms with van der Waals surface area (Å²) in [5.74, 6) is -10.7. The van der Waals surface area contributed by atoms with Gasteiger partial charge in [0.2, 0.25) is 0 Å². The fourth-order valence-electron chi connectivity index (χ4n) is 3.40. The summed E-state index contributed by atoms with van der Waals surface area (Å²) in [4.78, 5) is 83.3. The van der Waals surface area contributed by atoms with E-state index < -0.39 is 47.8 Å². The van der Waals surface area contributed by atoms with E-state index in [0.29, 0.717) is 0 Å². The van der Waals surface area contributed by atoms with E-state index in [2.05, 4.69) is 0 Å². The molecule has 0 radical (unpaired) electrons. The molecule has 0 aliphatic heterocycles. The number of carbonyl (C=O) groups is 8. The van der Waals surface area contributed by atoms with Crippen LogP contribution < -0.4 is 169 Å². The summed E-state index contributed by atoms with van der Waals surface area (Å²) < 4.78 is 0. The molecule has 0 aliphatic rings. The molecule has 0 fully saturated rings. The van der Waals surface area contributed by atoms with Crippen molar-refractivity contribution in [3.05, 3.63) is 142 Å². The van der Waals surface area contributed by atoms with Gasteiger partial charge in [-0.3, -0.25) is 0 Å². The Morgan fingerprint density at radius 2 is 0.412 bits per heavy atom. The molecule has 0 bridgehead atoms. The predicted molar refractivity (Wildman–Crippen MR) is 154 cm³/mol. The van der Waals surface area contributed by atoms with Gasteiger partial charge in [-0.1, -0.05) is 66.7 Å². The van der Waals surface area contributed by atoms with Crippen LogP contribution in [-0.4, -0.2) is 73.3 Å². The Labute approximate surface area is 415 Å². The van der Waals surface area contributed by atoms with Gasteiger partial charge < -0.3 is 55.2 Å². The average molecular weight is 779 g/mol. The molecule has 4 rings (SSSR count). The number of aromatic carboxylic acids is 8. The number of rotatable bonds is 8. The number of carboxylic acid groups (broad SMARTS) is 8. The molecule has 0 saturated carbocycles. The fraction of sp³-hybridized carbons (Fsp3) is 0. The number of benzene rings is 4. The van der Waals surface area contributed by atoms with Crippen molar-refractivity contribution in [2.24, 2.45) is 0 Å². The van der Waals surface area contributed by atoms with Crippen molar-refractivity contribution in [1.29, 1.82) is 0 Å². The second kappa shape index (κ2) is 27.2. The third kappa shape index (κ3) is 18.2. The quantitative estimate of drug-likeness (QED) is 0.104. The van der Waals surface area contributed by atoms with Gasteiger partial charge in [-0.25, -0.2) is 24.0 Å². The second-order valence-corrected chi connectivity index (χ2v) is 8.57. The molecule has 0 heterocycles. The van der Waals surface area contributed by atoms with Crippen molar-refractivity contribution >= 4 is 47.8 Å². The summed E-state index contributed by atoms with van der Waals surface area (Å²) in [7, 11) is 0. The van der Waals surface area contributed by atoms with Crippen LogP contribution in [0.2, 0.25) is 0 Å². The Morgan fingerprint density at radius 1 is 0.294 bits per heavy atom. The molecule has 4 aromatic rings. The zero-order chi connectivity index (χ0) is 36.6. The average Bonchev–Trinajstić information content (AvgIpc) is 3.05. The van der Waals surface area contributed by atoms with Gasteiger partial charge in [0.25, 0.3) is 0 Å². The molecule has 0 spiro atoms. The van der Waals surface area contributed by atoms with E-state index in [0.717, 1.165) is 0 Å². The predicted octanol–water partition coefficient (Wildman–Crippen LogP) is -8.66. The molecule has 0 aliphatic carbocycles. The van der Waals surface area contributed by atoms with Crippen LogP contribution in [0.4, 0.5) is 0 Å². The van der Waals surface area contributed by atoms with E-state index >= 15 is 0 Å². The van der Waals surface area contributed by atoms with E-state index in [1.807, 2.05) is 0 Å². The van der Waals surface area contributed by atoms with E-state index in [1.54, 1.807) is 0 Å². The summed E-state index contributed by atoms with van der Waals surface area (Å²) in [6.07, 6.45) is 0. The first-order valence-electron chi connectivity index (χ1n) is 12.7. The maximum atomic E-state index is 10.5. The molecule has 0 atom stereocenters. The monoisotopic (exact) mass is 778 g/mol. The number of carbonyl (C=O) groups excluding carboxylic acids is 3. The van der Waals surface area contributed by atoms with Gasteiger partial charge in [-0.15, -0.1) is 0 Å². The molecular weight excluding hydrogens is 758 g/mol. The summed E-state index contributed by atoms with van der Waals surface area (Å²) in [5.41, 5.74) is -2.04. The van der Waals surface area contributed by atoms with Crippen molar-refractivity contribution in [3.63, 3.8) is 0 Å². The zero-order valence-electron chi connectivity index (χ0n) is 27.0. The van der Waals surface area contributed by atoms with Crippen molar-refractivity contribution in [3.8, 4) is 0 Å². The van der Waals surface area contributed by atoms with Crippen LogP contribution in [0.5, 0.6) is 0 Å². The van der Waals surface area contributed by atoms with Gasteiger partial charge >= 0.3 is 184 Å². The summed E-state index contributed by atoms with van der Waals surface area (Å²) >= 11 is 0. The molecule has 0 amide bonds. The van der Waals surface area contributed by atoms with E-state index in [-0.39, 0.29) is 199 Å². The van der Waals surface area contributed by atoms with Crippen LogP contribution in [-0.2, 0) is 0 Å². The Kier molecular flexibility index (Phi) is 28.2. The smallest absolute Gasteiger partial charge is 0.545 e. The van der Waals surface area contributed by atoms with Crippen molar-refractivity contribution in [1.82, 2.24) is 0 Å². The van der Waals surface area contributed by atoms with Gasteiger partial charge in [0.1, 0.15) is 0 Å². The Morgan fingerprint density at radius 3 is 0.510 bits per heavy atom. The number of hydrogen-bond acceptors (Lipinski definition) is 11. The van der Waals surface area contributed by atoms with Gasteiger partial charge in [-0.2, -0.15) is 0 Å². The van der Waals surface area contributed by atoms with Crippen LogP contribution in [0, 0.1) is 0 Å². The SMILES string of the molecule is O=C(O)c1ccccc1C(=O)O.O=C([O-])c1ccccc1C(=O)O.O=C([O-])c1ccccc1C(=O)O.O=C([O-])c1ccccc1C(=O)O.[K+].[K+].[K+]. The standard InChI is InChI=1S/4C8H6O4.3K/c4*9-7(10)5-3-1-2-4-6(5)8(11)12;;;/h4*1-4H,(H,9,10)(H,11,12);;;/q;;;;3*+1/p-3. The van der Waals surface area contributed by atoms with Crippen molar-refractivity contribution in [2.75, 3.05) is 0 Å². The topological polar surface area (TPSA) is 307 Å². The minimum absolute atomic E-state index is 0. The van der Waals surface area contributed by atoms with Gasteiger partial charge in [0.15, 0.2) is 0 Å². The van der Waals surface area contributed by atoms with Crippen molar-refractivity contribution < 1.29 is 233 Å².